The molecule has 0 amide bonds. The van der Waals surface area contributed by atoms with E-state index in [4.69, 9.17) is 9.47 Å². The van der Waals surface area contributed by atoms with Crippen molar-refractivity contribution < 1.29 is 14.6 Å². The van der Waals surface area contributed by atoms with Gasteiger partial charge in [-0.25, -0.2) is 0 Å². The molecule has 0 bridgehead atoms. The molecule has 4 rings (SSSR count). The van der Waals surface area contributed by atoms with E-state index in [0.29, 0.717) is 13.2 Å². The third kappa shape index (κ3) is 4.44. The lowest BCUT2D eigenvalue weighted by Crippen LogP contribution is -2.25. The minimum absolute atomic E-state index is 0.150. The van der Waals surface area contributed by atoms with Gasteiger partial charge >= 0.3 is 0 Å². The summed E-state index contributed by atoms with van der Waals surface area (Å²) in [5.41, 5.74) is 3.58. The SMILES string of the molecule is CCN(C)CCOc1ccc(C2c3ccc(O)cc3OC[C@@H]2c2ccccc2)cc1. The van der Waals surface area contributed by atoms with Crippen molar-refractivity contribution in [2.24, 2.45) is 0 Å². The van der Waals surface area contributed by atoms with Crippen LogP contribution < -0.4 is 9.47 Å². The summed E-state index contributed by atoms with van der Waals surface area (Å²) in [6.45, 7) is 5.32. The first kappa shape index (κ1) is 20.3. The van der Waals surface area contributed by atoms with Crippen molar-refractivity contribution in [3.63, 3.8) is 0 Å². The van der Waals surface area contributed by atoms with Crippen LogP contribution >= 0.6 is 0 Å². The van der Waals surface area contributed by atoms with Crippen molar-refractivity contribution in [3.8, 4) is 17.2 Å². The normalized spacial score (nSPS) is 18.0. The second-order valence-electron chi connectivity index (χ2n) is 7.84. The van der Waals surface area contributed by atoms with Crippen LogP contribution in [-0.4, -0.2) is 43.4 Å². The molecule has 4 heteroatoms. The maximum atomic E-state index is 9.90. The van der Waals surface area contributed by atoms with E-state index in [2.05, 4.69) is 67.4 Å². The number of phenolic OH excluding ortho intramolecular Hbond substituents is 1. The molecular weight excluding hydrogens is 374 g/mol. The molecule has 0 spiro atoms. The number of hydrogen-bond donors (Lipinski definition) is 1. The fourth-order valence-electron chi connectivity index (χ4n) is 4.05. The first-order valence-corrected chi connectivity index (χ1v) is 10.6. The number of likely N-dealkylation sites (N-methyl/N-ethyl adjacent to an activating group) is 1. The Bertz CT molecular complexity index is 956. The summed E-state index contributed by atoms with van der Waals surface area (Å²) in [5.74, 6) is 2.23. The molecular formula is C26H29NO3. The maximum absolute atomic E-state index is 9.90. The van der Waals surface area contributed by atoms with Gasteiger partial charge in [0.2, 0.25) is 0 Å². The molecule has 1 heterocycles. The average Bonchev–Trinajstić information content (AvgIpc) is 2.79. The lowest BCUT2D eigenvalue weighted by molar-refractivity contribution is 0.243. The Morgan fingerprint density at radius 3 is 2.50 bits per heavy atom. The van der Waals surface area contributed by atoms with Gasteiger partial charge in [-0.05, 0) is 42.9 Å². The molecule has 0 saturated carbocycles. The van der Waals surface area contributed by atoms with E-state index in [-0.39, 0.29) is 17.6 Å². The zero-order valence-corrected chi connectivity index (χ0v) is 17.6. The van der Waals surface area contributed by atoms with Crippen LogP contribution in [0.1, 0.15) is 35.4 Å². The van der Waals surface area contributed by atoms with Gasteiger partial charge in [0.15, 0.2) is 0 Å². The van der Waals surface area contributed by atoms with Gasteiger partial charge < -0.3 is 19.5 Å². The summed E-state index contributed by atoms with van der Waals surface area (Å²) < 4.78 is 12.0. The summed E-state index contributed by atoms with van der Waals surface area (Å²) in [6.07, 6.45) is 0. The molecule has 0 radical (unpaired) electrons. The summed E-state index contributed by atoms with van der Waals surface area (Å²) in [4.78, 5) is 2.23. The Morgan fingerprint density at radius 1 is 1.00 bits per heavy atom. The van der Waals surface area contributed by atoms with Crippen molar-refractivity contribution in [2.45, 2.75) is 18.8 Å². The summed E-state index contributed by atoms with van der Waals surface area (Å²) in [7, 11) is 2.09. The molecule has 4 nitrogen and oxygen atoms in total. The number of fused-ring (bicyclic) bond motifs is 1. The molecule has 1 aliphatic rings. The lowest BCUT2D eigenvalue weighted by atomic mass is 9.76. The first-order valence-electron chi connectivity index (χ1n) is 10.6. The highest BCUT2D eigenvalue weighted by Gasteiger charge is 2.33. The molecule has 30 heavy (non-hydrogen) atoms. The Morgan fingerprint density at radius 2 is 1.77 bits per heavy atom. The number of phenols is 1. The van der Waals surface area contributed by atoms with E-state index in [1.54, 1.807) is 12.1 Å². The number of ether oxygens (including phenoxy) is 2. The molecule has 3 aromatic rings. The predicted molar refractivity (Wildman–Crippen MR) is 120 cm³/mol. The smallest absolute Gasteiger partial charge is 0.126 e. The highest BCUT2D eigenvalue weighted by atomic mass is 16.5. The monoisotopic (exact) mass is 403 g/mol. The minimum atomic E-state index is 0.150. The molecule has 0 fully saturated rings. The summed E-state index contributed by atoms with van der Waals surface area (Å²) in [6, 6.07) is 24.4. The predicted octanol–water partition coefficient (Wildman–Crippen LogP) is 5.03. The van der Waals surface area contributed by atoms with Gasteiger partial charge in [0, 0.05) is 30.0 Å². The zero-order valence-electron chi connectivity index (χ0n) is 17.6. The van der Waals surface area contributed by atoms with Gasteiger partial charge in [-0.3, -0.25) is 0 Å². The van der Waals surface area contributed by atoms with Gasteiger partial charge in [-0.1, -0.05) is 55.5 Å². The zero-order chi connectivity index (χ0) is 20.9. The Hall–Kier alpha value is -2.98. The molecule has 1 N–H and O–H groups in total. The van der Waals surface area contributed by atoms with E-state index < -0.39 is 0 Å². The second kappa shape index (κ2) is 9.23. The molecule has 1 aliphatic heterocycles. The van der Waals surface area contributed by atoms with E-state index in [9.17, 15) is 5.11 Å². The van der Waals surface area contributed by atoms with Crippen molar-refractivity contribution in [1.82, 2.24) is 4.90 Å². The molecule has 1 unspecified atom stereocenters. The largest absolute Gasteiger partial charge is 0.508 e. The lowest BCUT2D eigenvalue weighted by Gasteiger charge is -2.34. The summed E-state index contributed by atoms with van der Waals surface area (Å²) >= 11 is 0. The number of nitrogens with zero attached hydrogens (tertiary/aromatic N) is 1. The minimum Gasteiger partial charge on any atom is -0.508 e. The van der Waals surface area contributed by atoms with Crippen LogP contribution in [0, 0.1) is 0 Å². The summed E-state index contributed by atoms with van der Waals surface area (Å²) in [5, 5.41) is 9.90. The van der Waals surface area contributed by atoms with Crippen LogP contribution in [0.15, 0.2) is 72.8 Å². The number of hydrogen-bond acceptors (Lipinski definition) is 4. The van der Waals surface area contributed by atoms with Gasteiger partial charge in [0.05, 0.1) is 6.61 Å². The number of aromatic hydroxyl groups is 1. The van der Waals surface area contributed by atoms with Gasteiger partial charge in [-0.15, -0.1) is 0 Å². The van der Waals surface area contributed by atoms with Crippen molar-refractivity contribution in [3.05, 3.63) is 89.5 Å². The topological polar surface area (TPSA) is 41.9 Å². The molecule has 0 aromatic heterocycles. The van der Waals surface area contributed by atoms with Gasteiger partial charge in [-0.2, -0.15) is 0 Å². The Labute approximate surface area is 178 Å². The van der Waals surface area contributed by atoms with E-state index in [1.165, 1.54) is 11.1 Å². The fraction of sp³-hybridized carbons (Fsp3) is 0.308. The van der Waals surface area contributed by atoms with Crippen LogP contribution in [0.25, 0.3) is 0 Å². The van der Waals surface area contributed by atoms with E-state index in [1.807, 2.05) is 12.1 Å². The highest BCUT2D eigenvalue weighted by Crippen LogP contribution is 2.47. The molecule has 2 atom stereocenters. The van der Waals surface area contributed by atoms with Crippen LogP contribution in [0.5, 0.6) is 17.2 Å². The van der Waals surface area contributed by atoms with Crippen molar-refractivity contribution in [1.29, 1.82) is 0 Å². The Balaban J connectivity index is 1.61. The standard InChI is InChI=1S/C26H29NO3/c1-3-27(2)15-16-29-22-12-9-20(10-13-22)26-23-14-11-21(28)17-25(23)30-18-24(26)19-7-5-4-6-8-19/h4-14,17,24,26,28H,3,15-16,18H2,1-2H3/t24-,26?/m1/s1. The van der Waals surface area contributed by atoms with Crippen LogP contribution in [0.2, 0.25) is 0 Å². The van der Waals surface area contributed by atoms with E-state index in [0.717, 1.165) is 30.2 Å². The maximum Gasteiger partial charge on any atom is 0.126 e. The van der Waals surface area contributed by atoms with Crippen LogP contribution in [-0.2, 0) is 0 Å². The van der Waals surface area contributed by atoms with Crippen molar-refractivity contribution in [2.75, 3.05) is 33.4 Å². The quantitative estimate of drug-likeness (QED) is 0.601. The number of rotatable bonds is 7. The van der Waals surface area contributed by atoms with Crippen LogP contribution in [0.3, 0.4) is 0 Å². The molecule has 0 saturated heterocycles. The number of benzene rings is 3. The van der Waals surface area contributed by atoms with Gasteiger partial charge in [0.25, 0.3) is 0 Å². The Kier molecular flexibility index (Phi) is 6.24. The molecule has 156 valence electrons. The van der Waals surface area contributed by atoms with Crippen molar-refractivity contribution >= 4 is 0 Å². The van der Waals surface area contributed by atoms with Crippen LogP contribution in [0.4, 0.5) is 0 Å². The average molecular weight is 404 g/mol. The third-order valence-electron chi connectivity index (χ3n) is 5.90. The fourth-order valence-corrected chi connectivity index (χ4v) is 4.05. The molecule has 0 aliphatic carbocycles. The second-order valence-corrected chi connectivity index (χ2v) is 7.84. The molecule has 3 aromatic carbocycles. The van der Waals surface area contributed by atoms with E-state index >= 15 is 0 Å². The first-order chi connectivity index (χ1) is 14.7. The van der Waals surface area contributed by atoms with Gasteiger partial charge in [0.1, 0.15) is 23.9 Å². The highest BCUT2D eigenvalue weighted by molar-refractivity contribution is 5.50. The third-order valence-corrected chi connectivity index (χ3v) is 5.90.